The molecule has 3 aliphatic rings. The van der Waals surface area contributed by atoms with Crippen molar-refractivity contribution in [2.24, 2.45) is 0 Å². The summed E-state index contributed by atoms with van der Waals surface area (Å²) in [5, 5.41) is 9.51. The van der Waals surface area contributed by atoms with Crippen LogP contribution in [0.5, 0.6) is 0 Å². The minimum absolute atomic E-state index is 0.0363. The molecule has 7 nitrogen and oxygen atoms in total. The van der Waals surface area contributed by atoms with E-state index >= 15 is 0 Å². The van der Waals surface area contributed by atoms with Crippen LogP contribution in [0.15, 0.2) is 0 Å². The van der Waals surface area contributed by atoms with E-state index in [2.05, 4.69) is 34.9 Å². The Balaban J connectivity index is 1.38. The van der Waals surface area contributed by atoms with Crippen molar-refractivity contribution in [2.75, 3.05) is 27.2 Å². The highest BCUT2D eigenvalue weighted by Gasteiger charge is 2.31. The molecular weight excluding hydrogens is 354 g/mol. The summed E-state index contributed by atoms with van der Waals surface area (Å²) in [5.41, 5.74) is 0. The lowest BCUT2D eigenvalue weighted by molar-refractivity contribution is 0.147. The van der Waals surface area contributed by atoms with Crippen molar-refractivity contribution in [3.8, 4) is 0 Å². The molecule has 2 unspecified atom stereocenters. The fourth-order valence-corrected chi connectivity index (χ4v) is 5.03. The molecule has 7 heteroatoms. The van der Waals surface area contributed by atoms with Crippen LogP contribution in [0.3, 0.4) is 0 Å². The maximum Gasteiger partial charge on any atom is 0.317 e. The Hall–Kier alpha value is -1.50. The van der Waals surface area contributed by atoms with Crippen molar-refractivity contribution in [1.29, 1.82) is 0 Å². The average molecular weight is 394 g/mol. The fourth-order valence-electron chi connectivity index (χ4n) is 5.03. The topological polar surface area (TPSA) is 76.7 Å². The van der Waals surface area contributed by atoms with Crippen LogP contribution < -0.4 is 16.0 Å². The fraction of sp³-hybridized carbons (Fsp3) is 0.905. The third-order valence-corrected chi connectivity index (χ3v) is 6.76. The number of likely N-dealkylation sites (N-methyl/N-ethyl adjacent to an activating group) is 1. The molecule has 2 atom stereocenters. The van der Waals surface area contributed by atoms with Crippen LogP contribution in [0.2, 0.25) is 0 Å². The summed E-state index contributed by atoms with van der Waals surface area (Å²) in [5.74, 6) is 0. The summed E-state index contributed by atoms with van der Waals surface area (Å²) in [4.78, 5) is 29.1. The molecule has 3 rings (SSSR count). The molecule has 0 aromatic carbocycles. The number of piperidine rings is 1. The van der Waals surface area contributed by atoms with Gasteiger partial charge in [-0.25, -0.2) is 9.59 Å². The van der Waals surface area contributed by atoms with Gasteiger partial charge in [-0.15, -0.1) is 0 Å². The smallest absolute Gasteiger partial charge is 0.317 e. The van der Waals surface area contributed by atoms with Crippen LogP contribution >= 0.6 is 0 Å². The van der Waals surface area contributed by atoms with E-state index in [0.29, 0.717) is 25.2 Å². The van der Waals surface area contributed by atoms with Gasteiger partial charge in [0.25, 0.3) is 0 Å². The van der Waals surface area contributed by atoms with E-state index < -0.39 is 0 Å². The number of likely N-dealkylation sites (tertiary alicyclic amines) is 1. The molecule has 3 fully saturated rings. The van der Waals surface area contributed by atoms with E-state index in [-0.39, 0.29) is 24.1 Å². The van der Waals surface area contributed by atoms with Crippen molar-refractivity contribution in [3.63, 3.8) is 0 Å². The molecule has 1 heterocycles. The highest BCUT2D eigenvalue weighted by atomic mass is 16.2. The average Bonchev–Trinajstić information content (AvgIpc) is 2.69. The highest BCUT2D eigenvalue weighted by molar-refractivity contribution is 5.75. The lowest BCUT2D eigenvalue weighted by Crippen LogP contribution is -2.56. The zero-order valence-corrected chi connectivity index (χ0v) is 17.7. The number of hydrogen-bond acceptors (Lipinski definition) is 3. The van der Waals surface area contributed by atoms with Crippen molar-refractivity contribution in [3.05, 3.63) is 0 Å². The van der Waals surface area contributed by atoms with Crippen molar-refractivity contribution < 1.29 is 9.59 Å². The summed E-state index contributed by atoms with van der Waals surface area (Å²) in [6.07, 6.45) is 12.2. The quantitative estimate of drug-likeness (QED) is 0.687. The van der Waals surface area contributed by atoms with Gasteiger partial charge in [-0.05, 0) is 52.6 Å². The van der Waals surface area contributed by atoms with E-state index in [0.717, 1.165) is 38.5 Å². The predicted molar refractivity (Wildman–Crippen MR) is 111 cm³/mol. The molecule has 0 aromatic heterocycles. The first-order valence-electron chi connectivity index (χ1n) is 11.3. The Morgan fingerprint density at radius 1 is 0.750 bits per heavy atom. The molecule has 2 saturated carbocycles. The Bertz CT molecular complexity index is 513. The first-order valence-corrected chi connectivity index (χ1v) is 11.3. The highest BCUT2D eigenvalue weighted by Crippen LogP contribution is 2.22. The zero-order chi connectivity index (χ0) is 19.9. The Morgan fingerprint density at radius 3 is 1.96 bits per heavy atom. The Kier molecular flexibility index (Phi) is 7.82. The molecule has 0 spiro atoms. The van der Waals surface area contributed by atoms with Crippen molar-refractivity contribution in [1.82, 2.24) is 25.8 Å². The summed E-state index contributed by atoms with van der Waals surface area (Å²) in [6, 6.07) is 1.19. The molecular formula is C21H39N5O2. The van der Waals surface area contributed by atoms with E-state index in [9.17, 15) is 9.59 Å². The van der Waals surface area contributed by atoms with Gasteiger partial charge in [-0.3, -0.25) is 0 Å². The number of rotatable bonds is 4. The maximum atomic E-state index is 12.7. The third-order valence-electron chi connectivity index (χ3n) is 6.76. The molecule has 28 heavy (non-hydrogen) atoms. The second-order valence-electron chi connectivity index (χ2n) is 9.09. The molecule has 2 aliphatic carbocycles. The molecule has 4 amide bonds. The normalized spacial score (nSPS) is 27.5. The van der Waals surface area contributed by atoms with E-state index in [1.807, 2.05) is 4.90 Å². The molecule has 0 radical (unpaired) electrons. The number of nitrogens with one attached hydrogen (secondary N) is 3. The number of urea groups is 2. The lowest BCUT2D eigenvalue weighted by Gasteiger charge is -2.39. The molecule has 160 valence electrons. The summed E-state index contributed by atoms with van der Waals surface area (Å²) in [6.45, 7) is 1.42. The van der Waals surface area contributed by atoms with Gasteiger partial charge in [-0.2, -0.15) is 0 Å². The van der Waals surface area contributed by atoms with Crippen molar-refractivity contribution in [2.45, 2.75) is 94.8 Å². The third kappa shape index (κ3) is 6.00. The monoisotopic (exact) mass is 393 g/mol. The second-order valence-corrected chi connectivity index (χ2v) is 9.09. The van der Waals surface area contributed by atoms with Crippen LogP contribution in [0.1, 0.15) is 70.6 Å². The van der Waals surface area contributed by atoms with Gasteiger partial charge in [0, 0.05) is 37.3 Å². The predicted octanol–water partition coefficient (Wildman–Crippen LogP) is 2.67. The van der Waals surface area contributed by atoms with Crippen molar-refractivity contribution >= 4 is 12.1 Å². The van der Waals surface area contributed by atoms with Crippen LogP contribution in [0.4, 0.5) is 9.59 Å². The molecule has 1 aliphatic heterocycles. The van der Waals surface area contributed by atoms with E-state index in [4.69, 9.17) is 0 Å². The first-order chi connectivity index (χ1) is 13.5. The van der Waals surface area contributed by atoms with Crippen LogP contribution in [-0.4, -0.2) is 73.2 Å². The van der Waals surface area contributed by atoms with Gasteiger partial charge in [0.15, 0.2) is 0 Å². The SMILES string of the molecule is CN(C)C1CCCCC1NC(=O)N1CCC(NC(=O)NC2CCCCC2)CC1. The number of carbonyl (C=O) groups is 2. The summed E-state index contributed by atoms with van der Waals surface area (Å²) >= 11 is 0. The van der Waals surface area contributed by atoms with E-state index in [1.54, 1.807) is 0 Å². The Labute approximate surface area is 170 Å². The molecule has 0 aromatic rings. The maximum absolute atomic E-state index is 12.7. The summed E-state index contributed by atoms with van der Waals surface area (Å²) < 4.78 is 0. The summed E-state index contributed by atoms with van der Waals surface area (Å²) in [7, 11) is 4.20. The largest absolute Gasteiger partial charge is 0.335 e. The van der Waals surface area contributed by atoms with Gasteiger partial charge in [-0.1, -0.05) is 32.1 Å². The molecule has 0 bridgehead atoms. The van der Waals surface area contributed by atoms with Gasteiger partial charge in [0.05, 0.1) is 0 Å². The number of carbonyl (C=O) groups excluding carboxylic acids is 2. The first kappa shape index (κ1) is 21.2. The molecule has 3 N–H and O–H groups in total. The van der Waals surface area contributed by atoms with Gasteiger partial charge >= 0.3 is 12.1 Å². The number of nitrogens with zero attached hydrogens (tertiary/aromatic N) is 2. The number of amides is 4. The molecule has 1 saturated heterocycles. The Morgan fingerprint density at radius 2 is 1.32 bits per heavy atom. The minimum Gasteiger partial charge on any atom is -0.335 e. The van der Waals surface area contributed by atoms with Gasteiger partial charge in [0.1, 0.15) is 0 Å². The van der Waals surface area contributed by atoms with Gasteiger partial charge < -0.3 is 25.8 Å². The van der Waals surface area contributed by atoms with Crippen LogP contribution in [0, 0.1) is 0 Å². The number of hydrogen-bond donors (Lipinski definition) is 3. The van der Waals surface area contributed by atoms with Crippen LogP contribution in [-0.2, 0) is 0 Å². The second kappa shape index (κ2) is 10.3. The van der Waals surface area contributed by atoms with Crippen LogP contribution in [0.25, 0.3) is 0 Å². The van der Waals surface area contributed by atoms with Gasteiger partial charge in [0.2, 0.25) is 0 Å². The standard InChI is InChI=1S/C21H39N5O2/c1-25(2)19-11-7-6-10-18(19)24-21(28)26-14-12-17(13-15-26)23-20(27)22-16-8-4-3-5-9-16/h16-19H,3-15H2,1-2H3,(H,24,28)(H2,22,23,27). The minimum atomic E-state index is -0.0363. The lowest BCUT2D eigenvalue weighted by atomic mass is 9.89. The zero-order valence-electron chi connectivity index (χ0n) is 17.7. The van der Waals surface area contributed by atoms with E-state index in [1.165, 1.54) is 32.1 Å².